The van der Waals surface area contributed by atoms with Crippen molar-refractivity contribution in [2.75, 3.05) is 34.0 Å². The van der Waals surface area contributed by atoms with Crippen LogP contribution in [-0.2, 0) is 66.7 Å². The summed E-state index contributed by atoms with van der Waals surface area (Å²) in [5.41, 5.74) is 6.97. The molecule has 0 aromatic heterocycles. The topological polar surface area (TPSA) is 437 Å². The molecule has 0 bridgehead atoms. The first-order valence-corrected chi connectivity index (χ1v) is 20.4. The molecule has 8 unspecified atom stereocenters. The van der Waals surface area contributed by atoms with E-state index in [-0.39, 0.29) is 18.9 Å². The Morgan fingerprint density at radius 3 is 1.45 bits per heavy atom. The van der Waals surface area contributed by atoms with Gasteiger partial charge in [-0.2, -0.15) is 0 Å². The Balaban J connectivity index is 0.000000359. The largest absolute Gasteiger partial charge is 0.479 e. The first-order valence-electron chi connectivity index (χ1n) is 20.4. The lowest BCUT2D eigenvalue weighted by Gasteiger charge is -2.47. The average molecular weight is 949 g/mol. The number of carboxylic acid groups (broad SMARTS) is 2. The number of ether oxygens (including phenoxy) is 8. The van der Waals surface area contributed by atoms with Gasteiger partial charge in [-0.05, 0) is 20.3 Å². The molecule has 16 N–H and O–H groups in total. The molecule has 0 aromatic rings. The Kier molecular flexibility index (Phi) is 22.6. The number of aliphatic hydroxyl groups is 7. The maximum atomic E-state index is 11.8. The lowest BCUT2D eigenvalue weighted by molar-refractivity contribution is -0.328. The van der Waals surface area contributed by atoms with Gasteiger partial charge in [-0.15, -0.1) is 5.59 Å². The van der Waals surface area contributed by atoms with E-state index in [1.165, 1.54) is 13.8 Å². The predicted octanol–water partition coefficient (Wildman–Crippen LogP) is -8.07. The van der Waals surface area contributed by atoms with E-state index >= 15 is 0 Å². The first kappa shape index (κ1) is 55.9. The van der Waals surface area contributed by atoms with Crippen LogP contribution in [0.2, 0.25) is 0 Å². The predicted molar refractivity (Wildman–Crippen MR) is 210 cm³/mol. The Hall–Kier alpha value is -3.41. The van der Waals surface area contributed by atoms with Crippen LogP contribution in [0.15, 0.2) is 0 Å². The molecule has 65 heavy (non-hydrogen) atoms. The van der Waals surface area contributed by atoms with E-state index in [4.69, 9.17) is 48.6 Å². The second-order valence-corrected chi connectivity index (χ2v) is 15.5. The molecule has 4 aliphatic heterocycles. The number of carbonyl (C=O) groups excluding carboxylic acids is 3. The SMILES string of the molecule is CO[C@@H]1C(C(=O)O)O[C@@H](O[C@@H]2C(NC(C)=O)[C@H](C)OC(CO)[C@H]2O)C(O)[C@H]1O.CO[C@@H]1C(C(=O)O)O[C@@H](O[C@@H]2C(NC(C)=O)[C@H](C)OC(CONNC(=O)CCCNN)[C@H]2O)C(O)[C@H]1O. The van der Waals surface area contributed by atoms with Gasteiger partial charge in [-0.25, -0.2) is 9.59 Å². The lowest BCUT2D eigenvalue weighted by Crippen LogP contribution is -2.67. The summed E-state index contributed by atoms with van der Waals surface area (Å²) in [6.07, 6.45) is -24.5. The number of nitrogens with one attached hydrogen (secondary N) is 5. The van der Waals surface area contributed by atoms with Crippen LogP contribution in [0.1, 0.15) is 40.5 Å². The van der Waals surface area contributed by atoms with Crippen LogP contribution in [0.3, 0.4) is 0 Å². The van der Waals surface area contributed by atoms with Crippen LogP contribution >= 0.6 is 0 Å². The van der Waals surface area contributed by atoms with Gasteiger partial charge in [0.05, 0.1) is 37.5 Å². The van der Waals surface area contributed by atoms with Crippen LogP contribution in [0, 0.1) is 0 Å². The standard InChI is InChI=1S/C20H37N5O12.C16H27NO11/c1-8-12(23-9(2)26)16(36-20-15(30)14(29)17(33-3)18(37-20)19(31)32)13(28)10(35-8)7-34-25-24-11(27)5-4-6-22-21;1-5-8(17-6(2)19)12(9(20)7(4-18)26-5)27-16-11(22)10(21)13(25-3)14(28-16)15(23)24/h8,10,12-18,20,22,25,28-30H,4-7,21H2,1-3H3,(H,23,26)(H,24,27)(H,31,32);5,7-14,16,18,20-22H,4H2,1-3H3,(H,17,19)(H,23,24)/t8-,10?,12?,13+,14+,15?,16+,17-,18?,20+;5-,7?,8?,9+,10+,11?,12+,13-,14?,16+/m00/s1. The maximum absolute atomic E-state index is 11.8. The molecule has 4 fully saturated rings. The van der Waals surface area contributed by atoms with Crippen LogP contribution in [-0.4, -0.2) is 232 Å². The highest BCUT2D eigenvalue weighted by atomic mass is 16.7. The van der Waals surface area contributed by atoms with E-state index < -0.39 is 153 Å². The van der Waals surface area contributed by atoms with Crippen molar-refractivity contribution >= 4 is 29.7 Å². The Morgan fingerprint density at radius 1 is 0.631 bits per heavy atom. The van der Waals surface area contributed by atoms with Gasteiger partial charge < -0.3 is 94.5 Å². The summed E-state index contributed by atoms with van der Waals surface area (Å²) >= 11 is 0. The minimum absolute atomic E-state index is 0.172. The van der Waals surface area contributed by atoms with Gasteiger partial charge in [-0.3, -0.25) is 35.9 Å². The molecular formula is C36H64N6O23. The van der Waals surface area contributed by atoms with Crippen molar-refractivity contribution in [3.63, 3.8) is 0 Å². The van der Waals surface area contributed by atoms with Gasteiger partial charge in [0.2, 0.25) is 17.7 Å². The van der Waals surface area contributed by atoms with Gasteiger partial charge >= 0.3 is 11.9 Å². The first-order chi connectivity index (χ1) is 30.6. The lowest BCUT2D eigenvalue weighted by atomic mass is 9.92. The van der Waals surface area contributed by atoms with E-state index in [0.29, 0.717) is 13.0 Å². The molecule has 0 radical (unpaired) electrons. The number of methoxy groups -OCH3 is 2. The van der Waals surface area contributed by atoms with Crippen molar-refractivity contribution < 1.29 is 113 Å². The van der Waals surface area contributed by atoms with E-state index in [1.807, 2.05) is 0 Å². The minimum atomic E-state index is -1.75. The van der Waals surface area contributed by atoms with Crippen LogP contribution in [0.5, 0.6) is 0 Å². The smallest absolute Gasteiger partial charge is 0.335 e. The van der Waals surface area contributed by atoms with Gasteiger partial charge in [0.15, 0.2) is 24.8 Å². The van der Waals surface area contributed by atoms with Gasteiger partial charge in [0.25, 0.3) is 0 Å². The van der Waals surface area contributed by atoms with E-state index in [2.05, 4.69) is 27.1 Å². The number of rotatable bonds is 19. The van der Waals surface area contributed by atoms with E-state index in [1.54, 1.807) is 13.8 Å². The quantitative estimate of drug-likeness (QED) is 0.0325. The Bertz CT molecular complexity index is 1540. The van der Waals surface area contributed by atoms with Gasteiger partial charge in [0, 0.05) is 41.0 Å². The van der Waals surface area contributed by atoms with E-state index in [0.717, 1.165) is 14.2 Å². The number of aliphatic carboxylic acids is 2. The molecule has 0 aliphatic carbocycles. The second-order valence-electron chi connectivity index (χ2n) is 15.5. The summed E-state index contributed by atoms with van der Waals surface area (Å²) in [7, 11) is 2.31. The second kappa shape index (κ2) is 26.2. The number of hydrogen-bond donors (Lipinski definition) is 15. The highest BCUT2D eigenvalue weighted by molar-refractivity contribution is 5.75. The normalized spacial score (nSPS) is 39.5. The van der Waals surface area contributed by atoms with Crippen LogP contribution in [0.25, 0.3) is 0 Å². The van der Waals surface area contributed by atoms with Crippen molar-refractivity contribution in [3.8, 4) is 0 Å². The number of aliphatic hydroxyl groups excluding tert-OH is 7. The molecule has 4 saturated heterocycles. The molecule has 29 heteroatoms. The highest BCUT2D eigenvalue weighted by Gasteiger charge is 2.54. The minimum Gasteiger partial charge on any atom is -0.479 e. The number of carboxylic acids is 2. The third-order valence-electron chi connectivity index (χ3n) is 10.8. The van der Waals surface area contributed by atoms with Crippen LogP contribution < -0.4 is 32.9 Å². The van der Waals surface area contributed by atoms with Gasteiger partial charge in [0.1, 0.15) is 73.2 Å². The molecule has 376 valence electrons. The number of hydrazine groups is 2. The molecule has 0 spiro atoms. The van der Waals surface area contributed by atoms with Crippen molar-refractivity contribution in [2.45, 2.75) is 163 Å². The van der Waals surface area contributed by atoms with Crippen molar-refractivity contribution in [2.24, 2.45) is 5.84 Å². The molecule has 0 aromatic carbocycles. The van der Waals surface area contributed by atoms with Crippen molar-refractivity contribution in [1.29, 1.82) is 0 Å². The number of hydrogen-bond acceptors (Lipinski definition) is 24. The Labute approximate surface area is 371 Å². The average Bonchev–Trinajstić information content (AvgIpc) is 3.24. The highest BCUT2D eigenvalue weighted by Crippen LogP contribution is 2.32. The summed E-state index contributed by atoms with van der Waals surface area (Å²) < 4.78 is 43.0. The molecule has 0 saturated carbocycles. The number of nitrogens with two attached hydrogens (primary N) is 1. The number of carbonyl (C=O) groups is 5. The zero-order valence-corrected chi connectivity index (χ0v) is 36.4. The molecule has 29 nitrogen and oxygen atoms in total. The van der Waals surface area contributed by atoms with Gasteiger partial charge in [-0.1, -0.05) is 0 Å². The summed E-state index contributed by atoms with van der Waals surface area (Å²) in [4.78, 5) is 63.2. The molecule has 4 heterocycles. The summed E-state index contributed by atoms with van der Waals surface area (Å²) in [6.45, 7) is 5.26. The molecular weight excluding hydrogens is 884 g/mol. The molecule has 4 aliphatic rings. The monoisotopic (exact) mass is 948 g/mol. The summed E-state index contributed by atoms with van der Waals surface area (Å²) in [5.74, 6) is 0.932. The molecule has 20 atom stereocenters. The van der Waals surface area contributed by atoms with Crippen LogP contribution in [0.4, 0.5) is 0 Å². The fourth-order valence-electron chi connectivity index (χ4n) is 7.51. The third-order valence-corrected chi connectivity index (χ3v) is 10.8. The third kappa shape index (κ3) is 14.8. The van der Waals surface area contributed by atoms with Crippen molar-refractivity contribution in [1.82, 2.24) is 27.1 Å². The molecule has 3 amide bonds. The van der Waals surface area contributed by atoms with Crippen molar-refractivity contribution in [3.05, 3.63) is 0 Å². The fourth-order valence-corrected chi connectivity index (χ4v) is 7.51. The maximum Gasteiger partial charge on any atom is 0.335 e. The molecule has 4 rings (SSSR count). The number of amides is 3. The zero-order chi connectivity index (χ0) is 48.9. The fraction of sp³-hybridized carbons (Fsp3) is 0.861. The summed E-state index contributed by atoms with van der Waals surface area (Å²) in [5, 5.41) is 96.1. The zero-order valence-electron chi connectivity index (χ0n) is 36.4. The Morgan fingerprint density at radius 2 is 1.06 bits per heavy atom. The summed E-state index contributed by atoms with van der Waals surface area (Å²) in [6, 6.07) is -1.85. The van der Waals surface area contributed by atoms with E-state index in [9.17, 15) is 69.9 Å².